The number of aromatic nitrogens is 4. The highest BCUT2D eigenvalue weighted by Gasteiger charge is 2.38. The molecule has 0 spiro atoms. The minimum absolute atomic E-state index is 0.163. The predicted octanol–water partition coefficient (Wildman–Crippen LogP) is 1.96. The van der Waals surface area contributed by atoms with Crippen LogP contribution in [0.3, 0.4) is 0 Å². The molecule has 2 aliphatic heterocycles. The lowest BCUT2D eigenvalue weighted by Crippen LogP contribution is -2.44. The summed E-state index contributed by atoms with van der Waals surface area (Å²) in [5.74, 6) is 0.245. The number of likely N-dealkylation sites (tertiary alicyclic amines) is 1. The Morgan fingerprint density at radius 2 is 2.19 bits per heavy atom. The number of amides is 2. The van der Waals surface area contributed by atoms with Gasteiger partial charge in [0.2, 0.25) is 0 Å². The van der Waals surface area contributed by atoms with Crippen molar-refractivity contribution in [1.82, 2.24) is 30.2 Å². The normalized spacial score (nSPS) is 19.9. The lowest BCUT2D eigenvalue weighted by Gasteiger charge is -2.20. The Hall–Kier alpha value is -3.70. The SMILES string of the molecule is CCOc1ccc(C(=O)N2C[C@@H]3NC(=O)c4ncccc4OCCn4cc(nn4)CO[C@H]3C2)cc1Cl. The van der Waals surface area contributed by atoms with Crippen LogP contribution in [0.2, 0.25) is 5.02 Å². The van der Waals surface area contributed by atoms with E-state index in [0.29, 0.717) is 40.9 Å². The molecule has 36 heavy (non-hydrogen) atoms. The van der Waals surface area contributed by atoms with Crippen LogP contribution in [-0.2, 0) is 17.9 Å². The van der Waals surface area contributed by atoms with Crippen molar-refractivity contribution in [2.45, 2.75) is 32.2 Å². The number of hydrogen-bond acceptors (Lipinski definition) is 8. The fraction of sp³-hybridized carbons (Fsp3) is 0.375. The fourth-order valence-corrected chi connectivity index (χ4v) is 4.44. The Balaban J connectivity index is 1.39. The van der Waals surface area contributed by atoms with Gasteiger partial charge in [-0.05, 0) is 37.3 Å². The van der Waals surface area contributed by atoms with Crippen LogP contribution >= 0.6 is 11.6 Å². The van der Waals surface area contributed by atoms with E-state index in [2.05, 4.69) is 20.6 Å². The third kappa shape index (κ3) is 5.12. The van der Waals surface area contributed by atoms with Crippen molar-refractivity contribution in [3.05, 3.63) is 64.7 Å². The maximum atomic E-state index is 13.3. The Labute approximate surface area is 212 Å². The highest BCUT2D eigenvalue weighted by Crippen LogP contribution is 2.27. The highest BCUT2D eigenvalue weighted by atomic mass is 35.5. The maximum absolute atomic E-state index is 13.3. The molecule has 4 heterocycles. The summed E-state index contributed by atoms with van der Waals surface area (Å²) in [4.78, 5) is 32.3. The molecule has 2 aliphatic rings. The molecular weight excluding hydrogens is 488 g/mol. The molecule has 2 atom stereocenters. The van der Waals surface area contributed by atoms with Gasteiger partial charge in [0.1, 0.15) is 18.1 Å². The van der Waals surface area contributed by atoms with Gasteiger partial charge in [0.25, 0.3) is 11.8 Å². The number of pyridine rings is 1. The molecule has 188 valence electrons. The third-order valence-corrected chi connectivity index (χ3v) is 6.24. The second-order valence-electron chi connectivity index (χ2n) is 8.39. The van der Waals surface area contributed by atoms with E-state index in [0.717, 1.165) is 0 Å². The molecule has 1 fully saturated rings. The molecule has 1 N–H and O–H groups in total. The van der Waals surface area contributed by atoms with Crippen molar-refractivity contribution in [1.29, 1.82) is 0 Å². The van der Waals surface area contributed by atoms with E-state index in [4.69, 9.17) is 25.8 Å². The van der Waals surface area contributed by atoms with E-state index in [1.54, 1.807) is 46.1 Å². The number of carbonyl (C=O) groups excluding carboxylic acids is 2. The average molecular weight is 513 g/mol. The summed E-state index contributed by atoms with van der Waals surface area (Å²) in [6.45, 7) is 3.76. The molecule has 1 aromatic carbocycles. The number of nitrogens with one attached hydrogen (secondary N) is 1. The second kappa shape index (κ2) is 10.5. The first-order valence-electron chi connectivity index (χ1n) is 11.6. The van der Waals surface area contributed by atoms with E-state index in [1.165, 1.54) is 6.20 Å². The molecule has 0 unspecified atom stereocenters. The van der Waals surface area contributed by atoms with Crippen LogP contribution in [-0.4, -0.2) is 75.1 Å². The molecule has 2 aromatic heterocycles. The number of carbonyl (C=O) groups is 2. The largest absolute Gasteiger partial charge is 0.492 e. The Bertz CT molecular complexity index is 1270. The molecule has 1 saturated heterocycles. The van der Waals surface area contributed by atoms with Gasteiger partial charge in [0.15, 0.2) is 11.4 Å². The summed E-state index contributed by atoms with van der Waals surface area (Å²) in [6.07, 6.45) is 2.84. The number of halogens is 1. The minimum atomic E-state index is -0.479. The predicted molar refractivity (Wildman–Crippen MR) is 128 cm³/mol. The van der Waals surface area contributed by atoms with Gasteiger partial charge in [0, 0.05) is 24.8 Å². The summed E-state index contributed by atoms with van der Waals surface area (Å²) >= 11 is 6.30. The zero-order valence-corrected chi connectivity index (χ0v) is 20.3. The number of hydrogen-bond donors (Lipinski definition) is 1. The smallest absolute Gasteiger partial charge is 0.274 e. The van der Waals surface area contributed by atoms with Crippen LogP contribution in [0.15, 0.2) is 42.7 Å². The Morgan fingerprint density at radius 1 is 1.31 bits per heavy atom. The van der Waals surface area contributed by atoms with E-state index < -0.39 is 18.1 Å². The van der Waals surface area contributed by atoms with Gasteiger partial charge >= 0.3 is 0 Å². The first-order valence-corrected chi connectivity index (χ1v) is 12.0. The van der Waals surface area contributed by atoms with Gasteiger partial charge in [-0.15, -0.1) is 5.10 Å². The lowest BCUT2D eigenvalue weighted by atomic mass is 10.2. The molecule has 5 rings (SSSR count). The molecule has 0 radical (unpaired) electrons. The monoisotopic (exact) mass is 512 g/mol. The van der Waals surface area contributed by atoms with Gasteiger partial charge in [-0.2, -0.15) is 0 Å². The van der Waals surface area contributed by atoms with Crippen molar-refractivity contribution in [3.8, 4) is 11.5 Å². The van der Waals surface area contributed by atoms with Gasteiger partial charge in [-0.1, -0.05) is 16.8 Å². The number of nitrogens with zero attached hydrogens (tertiary/aromatic N) is 5. The summed E-state index contributed by atoms with van der Waals surface area (Å²) < 4.78 is 19.0. The zero-order chi connectivity index (χ0) is 25.1. The first-order chi connectivity index (χ1) is 17.5. The summed E-state index contributed by atoms with van der Waals surface area (Å²) in [5, 5.41) is 11.6. The van der Waals surface area contributed by atoms with Crippen LogP contribution in [0.5, 0.6) is 11.5 Å². The van der Waals surface area contributed by atoms with Gasteiger partial charge < -0.3 is 24.4 Å². The van der Waals surface area contributed by atoms with Gasteiger partial charge in [-0.25, -0.2) is 9.67 Å². The first kappa shape index (κ1) is 24.0. The standard InChI is InChI=1S/C24H25ClN6O5/c1-2-34-19-6-5-15(10-17(19)25)24(33)30-12-18-21(13-30)36-14-16-11-31(29-28-16)8-9-35-20-4-3-7-26-22(20)23(32)27-18/h3-7,10-11,18,21H,2,8-9,12-14H2,1H3,(H,27,32)/t18-,21-/m0/s1. The zero-order valence-electron chi connectivity index (χ0n) is 19.6. The molecule has 2 amide bonds. The molecular formula is C24H25ClN6O5. The summed E-state index contributed by atoms with van der Waals surface area (Å²) in [6, 6.07) is 7.85. The lowest BCUT2D eigenvalue weighted by molar-refractivity contribution is 0.0290. The highest BCUT2D eigenvalue weighted by molar-refractivity contribution is 6.32. The Kier molecular flexibility index (Phi) is 7.01. The number of ether oxygens (including phenoxy) is 3. The molecule has 0 aliphatic carbocycles. The second-order valence-corrected chi connectivity index (χ2v) is 8.80. The Morgan fingerprint density at radius 3 is 3.03 bits per heavy atom. The molecule has 3 aromatic rings. The van der Waals surface area contributed by atoms with E-state index >= 15 is 0 Å². The minimum Gasteiger partial charge on any atom is -0.492 e. The third-order valence-electron chi connectivity index (χ3n) is 5.94. The van der Waals surface area contributed by atoms with Gasteiger partial charge in [0.05, 0.1) is 43.1 Å². The van der Waals surface area contributed by atoms with E-state index in [-0.39, 0.29) is 37.9 Å². The van der Waals surface area contributed by atoms with E-state index in [1.807, 2.05) is 6.92 Å². The van der Waals surface area contributed by atoms with Crippen LogP contribution in [0.1, 0.15) is 33.5 Å². The average Bonchev–Trinajstić information content (AvgIpc) is 3.50. The van der Waals surface area contributed by atoms with Crippen molar-refractivity contribution in [3.63, 3.8) is 0 Å². The van der Waals surface area contributed by atoms with Gasteiger partial charge in [-0.3, -0.25) is 9.59 Å². The number of fused-ring (bicyclic) bond motifs is 4. The quantitative estimate of drug-likeness (QED) is 0.565. The summed E-state index contributed by atoms with van der Waals surface area (Å²) in [7, 11) is 0. The number of benzene rings is 1. The fourth-order valence-electron chi connectivity index (χ4n) is 4.21. The van der Waals surface area contributed by atoms with E-state index in [9.17, 15) is 9.59 Å². The summed E-state index contributed by atoms with van der Waals surface area (Å²) in [5.41, 5.74) is 1.22. The van der Waals surface area contributed by atoms with Crippen LogP contribution < -0.4 is 14.8 Å². The van der Waals surface area contributed by atoms with Crippen molar-refractivity contribution in [2.24, 2.45) is 0 Å². The van der Waals surface area contributed by atoms with Crippen LogP contribution in [0, 0.1) is 0 Å². The molecule has 12 heteroatoms. The van der Waals surface area contributed by atoms with Crippen LogP contribution in [0.4, 0.5) is 0 Å². The molecule has 2 bridgehead atoms. The van der Waals surface area contributed by atoms with Crippen LogP contribution in [0.25, 0.3) is 0 Å². The molecule has 0 saturated carbocycles. The molecule has 11 nitrogen and oxygen atoms in total. The van der Waals surface area contributed by atoms with Crippen molar-refractivity contribution >= 4 is 23.4 Å². The maximum Gasteiger partial charge on any atom is 0.274 e. The van der Waals surface area contributed by atoms with Crippen molar-refractivity contribution in [2.75, 3.05) is 26.3 Å². The number of rotatable bonds is 3. The van der Waals surface area contributed by atoms with Crippen molar-refractivity contribution < 1.29 is 23.8 Å². The topological polar surface area (TPSA) is 121 Å².